The highest BCUT2D eigenvalue weighted by molar-refractivity contribution is 5.80. The molecule has 1 fully saturated rings. The molecular formula is C18H28N4O3. The zero-order valence-electron chi connectivity index (χ0n) is 15.1. The van der Waals surface area contributed by atoms with Crippen molar-refractivity contribution in [2.45, 2.75) is 19.8 Å². The molecule has 1 heterocycles. The van der Waals surface area contributed by atoms with Gasteiger partial charge in [-0.15, -0.1) is 0 Å². The van der Waals surface area contributed by atoms with E-state index in [0.717, 1.165) is 38.4 Å². The fourth-order valence-corrected chi connectivity index (χ4v) is 2.80. The molecule has 0 spiro atoms. The maximum Gasteiger partial charge on any atom is 0.409 e. The number of phenolic OH excluding ortho intramolecular Hbond substituents is 1. The number of hydrogen-bond acceptors (Lipinski definition) is 4. The number of carbonyl (C=O) groups is 1. The first-order valence-electron chi connectivity index (χ1n) is 8.79. The van der Waals surface area contributed by atoms with Crippen molar-refractivity contribution in [2.24, 2.45) is 4.99 Å². The average Bonchev–Trinajstić information content (AvgIpc) is 2.64. The van der Waals surface area contributed by atoms with Gasteiger partial charge < -0.3 is 25.0 Å². The van der Waals surface area contributed by atoms with E-state index in [0.29, 0.717) is 25.4 Å². The van der Waals surface area contributed by atoms with Gasteiger partial charge in [0.05, 0.1) is 6.61 Å². The normalized spacial score (nSPS) is 15.2. The standard InChI is InChI=1S/C18H28N4O3/c1-3-25-18(24)22-13-11-21(12-14-22)17(19-2)20-10-4-5-15-6-8-16(23)9-7-15/h6-9,23H,3-5,10-14H2,1-2H3,(H,19,20). The predicted molar refractivity (Wildman–Crippen MR) is 98.0 cm³/mol. The molecule has 1 aliphatic rings. The number of carbonyl (C=O) groups excluding carboxylic acids is 1. The van der Waals surface area contributed by atoms with Gasteiger partial charge in [0.1, 0.15) is 5.75 Å². The second-order valence-corrected chi connectivity index (χ2v) is 5.92. The maximum atomic E-state index is 11.7. The summed E-state index contributed by atoms with van der Waals surface area (Å²) < 4.78 is 5.04. The smallest absolute Gasteiger partial charge is 0.409 e. The molecule has 0 aromatic heterocycles. The van der Waals surface area contributed by atoms with Crippen molar-refractivity contribution in [2.75, 3.05) is 46.4 Å². The van der Waals surface area contributed by atoms with Crippen LogP contribution < -0.4 is 5.32 Å². The number of nitrogens with one attached hydrogen (secondary N) is 1. The Hall–Kier alpha value is -2.44. The molecule has 2 N–H and O–H groups in total. The molecule has 0 bridgehead atoms. The molecule has 1 amide bonds. The van der Waals surface area contributed by atoms with Crippen molar-refractivity contribution in [1.29, 1.82) is 0 Å². The molecule has 1 saturated heterocycles. The zero-order chi connectivity index (χ0) is 18.1. The Balaban J connectivity index is 1.70. The van der Waals surface area contributed by atoms with Crippen molar-refractivity contribution in [3.63, 3.8) is 0 Å². The number of ether oxygens (including phenoxy) is 1. The molecule has 2 rings (SSSR count). The maximum absolute atomic E-state index is 11.7. The van der Waals surface area contributed by atoms with E-state index in [9.17, 15) is 9.90 Å². The van der Waals surface area contributed by atoms with Crippen molar-refractivity contribution < 1.29 is 14.6 Å². The summed E-state index contributed by atoms with van der Waals surface area (Å²) in [5, 5.41) is 12.7. The minimum Gasteiger partial charge on any atom is -0.508 e. The third kappa shape index (κ3) is 5.85. The second kappa shape index (κ2) is 9.76. The lowest BCUT2D eigenvalue weighted by atomic mass is 10.1. The van der Waals surface area contributed by atoms with Crippen LogP contribution in [0.5, 0.6) is 5.75 Å². The van der Waals surface area contributed by atoms with Crippen LogP contribution in [0.1, 0.15) is 18.9 Å². The Bertz CT molecular complexity index is 566. The number of rotatable bonds is 5. The lowest BCUT2D eigenvalue weighted by Crippen LogP contribution is -2.54. The van der Waals surface area contributed by atoms with Gasteiger partial charge in [0.2, 0.25) is 0 Å². The van der Waals surface area contributed by atoms with Crippen LogP contribution in [-0.2, 0) is 11.2 Å². The van der Waals surface area contributed by atoms with E-state index in [-0.39, 0.29) is 6.09 Å². The Morgan fingerprint density at radius 3 is 2.44 bits per heavy atom. The van der Waals surface area contributed by atoms with Crippen molar-refractivity contribution in [3.8, 4) is 5.75 Å². The molecule has 138 valence electrons. The Labute approximate surface area is 149 Å². The summed E-state index contributed by atoms with van der Waals surface area (Å²) in [7, 11) is 1.78. The highest BCUT2D eigenvalue weighted by atomic mass is 16.6. The third-order valence-corrected chi connectivity index (χ3v) is 4.18. The largest absolute Gasteiger partial charge is 0.508 e. The molecule has 0 atom stereocenters. The number of amides is 1. The lowest BCUT2D eigenvalue weighted by molar-refractivity contribution is 0.0914. The number of phenols is 1. The molecule has 1 aromatic carbocycles. The van der Waals surface area contributed by atoms with Gasteiger partial charge in [-0.1, -0.05) is 12.1 Å². The van der Waals surface area contributed by atoms with Gasteiger partial charge in [-0.2, -0.15) is 0 Å². The van der Waals surface area contributed by atoms with Gasteiger partial charge in [-0.05, 0) is 37.5 Å². The molecule has 0 unspecified atom stereocenters. The molecule has 1 aliphatic heterocycles. The summed E-state index contributed by atoms with van der Waals surface area (Å²) in [5.41, 5.74) is 1.21. The topological polar surface area (TPSA) is 77.4 Å². The summed E-state index contributed by atoms with van der Waals surface area (Å²) in [6, 6.07) is 7.31. The highest BCUT2D eigenvalue weighted by Gasteiger charge is 2.23. The fourth-order valence-electron chi connectivity index (χ4n) is 2.80. The number of benzene rings is 1. The summed E-state index contributed by atoms with van der Waals surface area (Å²) in [6.45, 7) is 5.83. The lowest BCUT2D eigenvalue weighted by Gasteiger charge is -2.35. The van der Waals surface area contributed by atoms with Crippen LogP contribution in [0, 0.1) is 0 Å². The first kappa shape index (κ1) is 18.9. The van der Waals surface area contributed by atoms with Gasteiger partial charge in [0.25, 0.3) is 0 Å². The fraction of sp³-hybridized carbons (Fsp3) is 0.556. The Morgan fingerprint density at radius 1 is 1.20 bits per heavy atom. The van der Waals surface area contributed by atoms with E-state index in [1.807, 2.05) is 19.1 Å². The van der Waals surface area contributed by atoms with Crippen molar-refractivity contribution >= 4 is 12.1 Å². The molecule has 1 aromatic rings. The van der Waals surface area contributed by atoms with Crippen LogP contribution in [0.2, 0.25) is 0 Å². The average molecular weight is 348 g/mol. The van der Waals surface area contributed by atoms with E-state index < -0.39 is 0 Å². The van der Waals surface area contributed by atoms with Gasteiger partial charge in [0, 0.05) is 39.8 Å². The molecule has 25 heavy (non-hydrogen) atoms. The van der Waals surface area contributed by atoms with Crippen LogP contribution in [0.15, 0.2) is 29.3 Å². The van der Waals surface area contributed by atoms with Crippen molar-refractivity contribution in [1.82, 2.24) is 15.1 Å². The number of hydrogen-bond donors (Lipinski definition) is 2. The first-order valence-corrected chi connectivity index (χ1v) is 8.79. The molecule has 7 heteroatoms. The monoisotopic (exact) mass is 348 g/mol. The Kier molecular flexibility index (Phi) is 7.37. The number of aryl methyl sites for hydroxylation is 1. The van der Waals surface area contributed by atoms with Crippen LogP contribution in [0.25, 0.3) is 0 Å². The van der Waals surface area contributed by atoms with E-state index >= 15 is 0 Å². The highest BCUT2D eigenvalue weighted by Crippen LogP contribution is 2.11. The number of piperazine rings is 1. The van der Waals surface area contributed by atoms with Crippen LogP contribution >= 0.6 is 0 Å². The number of aromatic hydroxyl groups is 1. The Morgan fingerprint density at radius 2 is 1.84 bits per heavy atom. The third-order valence-electron chi connectivity index (χ3n) is 4.18. The number of aliphatic imine (C=N–C) groups is 1. The summed E-state index contributed by atoms with van der Waals surface area (Å²) in [6.07, 6.45) is 1.69. The molecule has 0 radical (unpaired) electrons. The van der Waals surface area contributed by atoms with Gasteiger partial charge in [0.15, 0.2) is 5.96 Å². The van der Waals surface area contributed by atoms with Gasteiger partial charge >= 0.3 is 6.09 Å². The molecular weight excluding hydrogens is 320 g/mol. The van der Waals surface area contributed by atoms with Crippen LogP contribution in [0.3, 0.4) is 0 Å². The number of nitrogens with zero attached hydrogens (tertiary/aromatic N) is 3. The second-order valence-electron chi connectivity index (χ2n) is 5.92. The van der Waals surface area contributed by atoms with Crippen LogP contribution in [-0.4, -0.2) is 73.3 Å². The van der Waals surface area contributed by atoms with Gasteiger partial charge in [-0.3, -0.25) is 4.99 Å². The number of guanidine groups is 1. The van der Waals surface area contributed by atoms with E-state index in [2.05, 4.69) is 15.2 Å². The van der Waals surface area contributed by atoms with Crippen molar-refractivity contribution in [3.05, 3.63) is 29.8 Å². The van der Waals surface area contributed by atoms with Crippen LogP contribution in [0.4, 0.5) is 4.79 Å². The van der Waals surface area contributed by atoms with E-state index in [4.69, 9.17) is 4.74 Å². The minimum absolute atomic E-state index is 0.237. The van der Waals surface area contributed by atoms with Gasteiger partial charge in [-0.25, -0.2) is 4.79 Å². The quantitative estimate of drug-likeness (QED) is 0.481. The zero-order valence-corrected chi connectivity index (χ0v) is 15.1. The van der Waals surface area contributed by atoms with E-state index in [1.165, 1.54) is 5.56 Å². The summed E-state index contributed by atoms with van der Waals surface area (Å²) >= 11 is 0. The predicted octanol–water partition coefficient (Wildman–Crippen LogP) is 1.67. The SMILES string of the molecule is CCOC(=O)N1CCN(C(=NC)NCCCc2ccc(O)cc2)CC1. The summed E-state index contributed by atoms with van der Waals surface area (Å²) in [5.74, 6) is 1.17. The minimum atomic E-state index is -0.237. The first-order chi connectivity index (χ1) is 12.1. The van der Waals surface area contributed by atoms with E-state index in [1.54, 1.807) is 24.1 Å². The molecule has 0 saturated carbocycles. The molecule has 7 nitrogen and oxygen atoms in total. The summed E-state index contributed by atoms with van der Waals surface area (Å²) in [4.78, 5) is 20.0. The molecule has 0 aliphatic carbocycles.